The smallest absolute Gasteiger partial charge is 0.466 e. The van der Waals surface area contributed by atoms with Crippen LogP contribution in [0.15, 0.2) is 41.7 Å². The molecule has 0 aliphatic heterocycles. The van der Waals surface area contributed by atoms with E-state index in [0.717, 1.165) is 4.48 Å². The highest BCUT2D eigenvalue weighted by molar-refractivity contribution is 6.42. The van der Waals surface area contributed by atoms with Gasteiger partial charge in [-0.1, -0.05) is 0 Å². The first kappa shape index (κ1) is 16.0. The Morgan fingerprint density at radius 1 is 1.41 bits per heavy atom. The first-order valence-corrected chi connectivity index (χ1v) is 6.92. The molecule has 2 heterocycles. The van der Waals surface area contributed by atoms with Gasteiger partial charge in [0, 0.05) is 6.20 Å². The van der Waals surface area contributed by atoms with Gasteiger partial charge in [0.25, 0.3) is 0 Å². The van der Waals surface area contributed by atoms with E-state index in [2.05, 4.69) is 9.98 Å². The third-order valence-electron chi connectivity index (χ3n) is 2.98. The summed E-state index contributed by atoms with van der Waals surface area (Å²) in [5.74, 6) is -0.360. The quantitative estimate of drug-likeness (QED) is 0.485. The van der Waals surface area contributed by atoms with Gasteiger partial charge in [-0.15, -0.1) is 0 Å². The van der Waals surface area contributed by atoms with Gasteiger partial charge in [-0.3, -0.25) is 18.4 Å². The number of aromatic nitrogens is 2. The number of aromatic amines is 1. The summed E-state index contributed by atoms with van der Waals surface area (Å²) in [5, 5.41) is 0. The van der Waals surface area contributed by atoms with Gasteiger partial charge in [0.1, 0.15) is 5.71 Å². The van der Waals surface area contributed by atoms with Crippen LogP contribution in [0.2, 0.25) is 0 Å². The molecule has 0 saturated heterocycles. The average molecular weight is 307 g/mol. The molecule has 0 atom stereocenters. The van der Waals surface area contributed by atoms with Gasteiger partial charge in [-0.25, -0.2) is 0 Å². The molecule has 0 radical (unpaired) electrons. The summed E-state index contributed by atoms with van der Waals surface area (Å²) < 4.78 is 31.7. The molecule has 22 heavy (non-hydrogen) atoms. The average Bonchev–Trinajstić information content (AvgIpc) is 3.15. The van der Waals surface area contributed by atoms with Gasteiger partial charge in [0.05, 0.1) is 31.0 Å². The molecular formula is C14H16BF2N3O2. The maximum absolute atomic E-state index is 13.0. The second-order valence-corrected chi connectivity index (χ2v) is 4.45. The van der Waals surface area contributed by atoms with Gasteiger partial charge < -0.3 is 14.2 Å². The lowest BCUT2D eigenvalue weighted by molar-refractivity contribution is -0.142. The Bertz CT molecular complexity index is 638. The minimum absolute atomic E-state index is 0.105. The maximum Gasteiger partial charge on any atom is 0.677 e. The second kappa shape index (κ2) is 7.58. The highest BCUT2D eigenvalue weighted by Gasteiger charge is 2.22. The SMILES string of the molecule is CCOC(=O)CCN=C(c1ccc[nH]1)c1cccn1B(F)F. The molecule has 0 bridgehead atoms. The Morgan fingerprint density at radius 2 is 2.23 bits per heavy atom. The summed E-state index contributed by atoms with van der Waals surface area (Å²) in [4.78, 5) is 18.6. The second-order valence-electron chi connectivity index (χ2n) is 4.45. The molecule has 0 aromatic carbocycles. The molecule has 1 N–H and O–H groups in total. The molecule has 2 aromatic heterocycles. The van der Waals surface area contributed by atoms with Crippen LogP contribution in [0.1, 0.15) is 24.7 Å². The van der Waals surface area contributed by atoms with Crippen molar-refractivity contribution in [2.24, 2.45) is 4.99 Å². The predicted octanol–water partition coefficient (Wildman–Crippen LogP) is 2.38. The van der Waals surface area contributed by atoms with Crippen molar-refractivity contribution in [1.82, 2.24) is 9.46 Å². The summed E-state index contributed by atoms with van der Waals surface area (Å²) in [6.45, 7) is 2.20. The van der Waals surface area contributed by atoms with Crippen molar-refractivity contribution in [2.45, 2.75) is 13.3 Å². The number of carbonyl (C=O) groups is 1. The number of esters is 1. The van der Waals surface area contributed by atoms with E-state index in [0.29, 0.717) is 23.7 Å². The van der Waals surface area contributed by atoms with Crippen LogP contribution in [0.4, 0.5) is 8.63 Å². The predicted molar refractivity (Wildman–Crippen MR) is 80.3 cm³/mol. The Hall–Kier alpha value is -2.38. The molecule has 0 aliphatic rings. The van der Waals surface area contributed by atoms with Gasteiger partial charge in [0.2, 0.25) is 0 Å². The number of ether oxygens (including phenoxy) is 1. The number of carbonyl (C=O) groups excluding carboxylic acids is 1. The summed E-state index contributed by atoms with van der Waals surface area (Å²) in [6.07, 6.45) is 3.09. The van der Waals surface area contributed by atoms with Crippen molar-refractivity contribution >= 4 is 19.1 Å². The third kappa shape index (κ3) is 3.84. The monoisotopic (exact) mass is 307 g/mol. The van der Waals surface area contributed by atoms with E-state index >= 15 is 0 Å². The van der Waals surface area contributed by atoms with Gasteiger partial charge in [0.15, 0.2) is 0 Å². The van der Waals surface area contributed by atoms with E-state index in [4.69, 9.17) is 4.74 Å². The summed E-state index contributed by atoms with van der Waals surface area (Å²) in [5.41, 5.74) is 1.30. The number of halogens is 2. The molecule has 2 aromatic rings. The zero-order valence-corrected chi connectivity index (χ0v) is 12.1. The van der Waals surface area contributed by atoms with Crippen molar-refractivity contribution in [3.63, 3.8) is 0 Å². The number of nitrogens with zero attached hydrogens (tertiary/aromatic N) is 2. The van der Waals surface area contributed by atoms with Crippen LogP contribution >= 0.6 is 0 Å². The first-order valence-electron chi connectivity index (χ1n) is 6.92. The number of hydrogen-bond acceptors (Lipinski definition) is 3. The molecular weight excluding hydrogens is 291 g/mol. The van der Waals surface area contributed by atoms with Crippen LogP contribution in [-0.4, -0.2) is 41.7 Å². The van der Waals surface area contributed by atoms with Crippen molar-refractivity contribution in [2.75, 3.05) is 13.2 Å². The number of H-pyrrole nitrogens is 1. The molecule has 0 saturated carbocycles. The fourth-order valence-corrected chi connectivity index (χ4v) is 2.04. The topological polar surface area (TPSA) is 59.4 Å². The van der Waals surface area contributed by atoms with Crippen LogP contribution in [0.25, 0.3) is 0 Å². The minimum Gasteiger partial charge on any atom is -0.466 e. The van der Waals surface area contributed by atoms with Crippen LogP contribution in [0.5, 0.6) is 0 Å². The Morgan fingerprint density at radius 3 is 2.86 bits per heavy atom. The van der Waals surface area contributed by atoms with Gasteiger partial charge in [-0.2, -0.15) is 0 Å². The van der Waals surface area contributed by atoms with Crippen LogP contribution in [0.3, 0.4) is 0 Å². The molecule has 5 nitrogen and oxygen atoms in total. The van der Waals surface area contributed by atoms with E-state index in [1.165, 1.54) is 12.3 Å². The molecule has 0 amide bonds. The lowest BCUT2D eigenvalue weighted by Crippen LogP contribution is -2.20. The summed E-state index contributed by atoms with van der Waals surface area (Å²) in [7, 11) is -2.66. The third-order valence-corrected chi connectivity index (χ3v) is 2.98. The number of aliphatic imine (C=N–C) groups is 1. The van der Waals surface area contributed by atoms with Crippen molar-refractivity contribution in [3.05, 3.63) is 48.0 Å². The van der Waals surface area contributed by atoms with E-state index in [1.54, 1.807) is 31.3 Å². The normalized spacial score (nSPS) is 11.5. The highest BCUT2D eigenvalue weighted by Crippen LogP contribution is 2.13. The zero-order chi connectivity index (χ0) is 15.9. The fraction of sp³-hybridized carbons (Fsp3) is 0.286. The molecule has 0 aliphatic carbocycles. The first-order chi connectivity index (χ1) is 10.6. The van der Waals surface area contributed by atoms with Crippen LogP contribution in [0, 0.1) is 0 Å². The standard InChI is InChI=1S/C14H16BF2N3O2/c1-2-22-13(21)7-9-19-14(11-5-3-8-18-11)12-6-4-10-20(12)15(16)17/h3-6,8,10,18H,2,7,9H2,1H3. The molecule has 116 valence electrons. The molecule has 0 spiro atoms. The van der Waals surface area contributed by atoms with E-state index in [9.17, 15) is 13.4 Å². The lowest BCUT2D eigenvalue weighted by Gasteiger charge is -2.09. The number of rotatable bonds is 7. The summed E-state index contributed by atoms with van der Waals surface area (Å²) >= 11 is 0. The Balaban J connectivity index is 2.24. The lowest BCUT2D eigenvalue weighted by atomic mass is 10.1. The highest BCUT2D eigenvalue weighted by atomic mass is 19.2. The molecule has 0 unspecified atom stereocenters. The van der Waals surface area contributed by atoms with Crippen LogP contribution < -0.4 is 0 Å². The number of nitrogens with one attached hydrogen (secondary N) is 1. The molecule has 8 heteroatoms. The van der Waals surface area contributed by atoms with Crippen LogP contribution in [-0.2, 0) is 9.53 Å². The van der Waals surface area contributed by atoms with Crippen molar-refractivity contribution in [1.29, 1.82) is 0 Å². The largest absolute Gasteiger partial charge is 0.677 e. The van der Waals surface area contributed by atoms with Crippen molar-refractivity contribution in [3.8, 4) is 0 Å². The number of hydrogen-bond donors (Lipinski definition) is 1. The van der Waals surface area contributed by atoms with Gasteiger partial charge >= 0.3 is 13.4 Å². The fourth-order valence-electron chi connectivity index (χ4n) is 2.04. The molecule has 2 rings (SSSR count). The summed E-state index contributed by atoms with van der Waals surface area (Å²) in [6, 6.07) is 6.60. The Labute approximate surface area is 127 Å². The van der Waals surface area contributed by atoms with Gasteiger partial charge in [-0.05, 0) is 37.4 Å². The van der Waals surface area contributed by atoms with E-state index in [1.807, 2.05) is 0 Å². The minimum atomic E-state index is -2.66. The Kier molecular flexibility index (Phi) is 5.51. The van der Waals surface area contributed by atoms with E-state index in [-0.39, 0.29) is 18.9 Å². The maximum atomic E-state index is 13.0. The van der Waals surface area contributed by atoms with E-state index < -0.39 is 7.40 Å². The zero-order valence-electron chi connectivity index (χ0n) is 12.1. The van der Waals surface area contributed by atoms with Crippen molar-refractivity contribution < 1.29 is 18.2 Å². The molecule has 0 fully saturated rings.